The summed E-state index contributed by atoms with van der Waals surface area (Å²) in [6.45, 7) is 5.37. The van der Waals surface area contributed by atoms with Crippen molar-refractivity contribution in [1.29, 1.82) is 0 Å². The highest BCUT2D eigenvalue weighted by atomic mass is 16.5. The summed E-state index contributed by atoms with van der Waals surface area (Å²) in [7, 11) is 5.47. The zero-order valence-electron chi connectivity index (χ0n) is 16.5. The second kappa shape index (κ2) is 14.2. The SMILES string of the molecule is CC=O.COC1=CCC(C)=NC(C(=O)O)=C1.COCC1CCCCN1C. The van der Waals surface area contributed by atoms with E-state index in [1.165, 1.54) is 45.9 Å². The molecule has 1 N–H and O–H groups in total. The van der Waals surface area contributed by atoms with Crippen molar-refractivity contribution in [3.8, 4) is 0 Å². The van der Waals surface area contributed by atoms with Crippen molar-refractivity contribution in [2.75, 3.05) is 34.4 Å². The van der Waals surface area contributed by atoms with Gasteiger partial charge in [0.1, 0.15) is 12.0 Å². The van der Waals surface area contributed by atoms with E-state index < -0.39 is 5.97 Å². The number of rotatable bonds is 4. The zero-order chi connectivity index (χ0) is 19.9. The van der Waals surface area contributed by atoms with E-state index in [1.54, 1.807) is 20.1 Å². The monoisotopic (exact) mass is 368 g/mol. The Morgan fingerprint density at radius 1 is 1.42 bits per heavy atom. The van der Waals surface area contributed by atoms with Crippen molar-refractivity contribution in [1.82, 2.24) is 4.90 Å². The van der Waals surface area contributed by atoms with Gasteiger partial charge in [-0.15, -0.1) is 0 Å². The van der Waals surface area contributed by atoms with Crippen LogP contribution >= 0.6 is 0 Å². The van der Waals surface area contributed by atoms with Gasteiger partial charge in [-0.25, -0.2) is 4.79 Å². The number of aliphatic imine (C=N–C) groups is 1. The van der Waals surface area contributed by atoms with E-state index in [-0.39, 0.29) is 5.70 Å². The zero-order valence-corrected chi connectivity index (χ0v) is 16.5. The number of carbonyl (C=O) groups is 2. The molecular weight excluding hydrogens is 336 g/mol. The summed E-state index contributed by atoms with van der Waals surface area (Å²) in [5.41, 5.74) is 0.781. The molecule has 0 aromatic rings. The number of allylic oxidation sites excluding steroid dienone is 2. The third-order valence-corrected chi connectivity index (χ3v) is 3.92. The molecule has 0 saturated carbocycles. The molecule has 0 aromatic carbocycles. The van der Waals surface area contributed by atoms with Gasteiger partial charge in [-0.05, 0) is 46.4 Å². The van der Waals surface area contributed by atoms with Crippen LogP contribution in [0.2, 0.25) is 0 Å². The van der Waals surface area contributed by atoms with Crippen LogP contribution in [0.1, 0.15) is 39.5 Å². The molecule has 0 amide bonds. The predicted molar refractivity (Wildman–Crippen MR) is 102 cm³/mol. The van der Waals surface area contributed by atoms with Gasteiger partial charge in [0.2, 0.25) is 0 Å². The molecule has 1 fully saturated rings. The average molecular weight is 368 g/mol. The van der Waals surface area contributed by atoms with E-state index in [4.69, 9.17) is 19.4 Å². The Morgan fingerprint density at radius 2 is 2.08 bits per heavy atom. The fraction of sp³-hybridized carbons (Fsp3) is 0.632. The van der Waals surface area contributed by atoms with Crippen LogP contribution in [0.3, 0.4) is 0 Å². The number of aldehydes is 1. The van der Waals surface area contributed by atoms with Crippen LogP contribution in [-0.2, 0) is 19.1 Å². The Hall–Kier alpha value is -1.99. The molecule has 7 nitrogen and oxygen atoms in total. The standard InChI is InChI=1S/C9H11NO3.C8H17NO.C2H4O/c1-6-3-4-7(13-2)5-8(10-6)9(11)12;1-9-6-4-3-5-8(9)7-10-2;1-2-3/h4-5H,3H2,1-2H3,(H,11,12);8H,3-7H2,1-2H3;2H,1H3. The molecule has 1 unspecified atom stereocenters. The first kappa shape index (κ1) is 24.0. The van der Waals surface area contributed by atoms with Crippen LogP contribution in [0, 0.1) is 0 Å². The van der Waals surface area contributed by atoms with E-state index in [9.17, 15) is 4.79 Å². The van der Waals surface area contributed by atoms with Gasteiger partial charge in [0, 0.05) is 31.4 Å². The van der Waals surface area contributed by atoms with Crippen molar-refractivity contribution in [2.45, 2.75) is 45.6 Å². The van der Waals surface area contributed by atoms with E-state index in [1.807, 2.05) is 0 Å². The van der Waals surface area contributed by atoms with Gasteiger partial charge in [0.05, 0.1) is 13.7 Å². The van der Waals surface area contributed by atoms with Crippen LogP contribution in [-0.4, -0.2) is 68.4 Å². The van der Waals surface area contributed by atoms with Crippen LogP contribution < -0.4 is 0 Å². The number of ether oxygens (including phenoxy) is 2. The highest BCUT2D eigenvalue weighted by Gasteiger charge is 2.17. The maximum Gasteiger partial charge on any atom is 0.354 e. The van der Waals surface area contributed by atoms with E-state index in [0.29, 0.717) is 18.2 Å². The molecule has 1 atom stereocenters. The summed E-state index contributed by atoms with van der Waals surface area (Å²) in [6, 6.07) is 0.679. The summed E-state index contributed by atoms with van der Waals surface area (Å²) in [6.07, 6.45) is 8.63. The molecule has 2 rings (SSSR count). The normalized spacial score (nSPS) is 19.9. The minimum Gasteiger partial charge on any atom is -0.497 e. The molecule has 0 spiro atoms. The topological polar surface area (TPSA) is 88.4 Å². The van der Waals surface area contributed by atoms with Crippen molar-refractivity contribution >= 4 is 18.0 Å². The maximum absolute atomic E-state index is 10.7. The molecule has 1 saturated heterocycles. The summed E-state index contributed by atoms with van der Waals surface area (Å²) in [5, 5.41) is 8.74. The Kier molecular flexibility index (Phi) is 13.1. The van der Waals surface area contributed by atoms with Gasteiger partial charge in [-0.3, -0.25) is 4.99 Å². The van der Waals surface area contributed by atoms with Crippen molar-refractivity contribution in [3.05, 3.63) is 23.6 Å². The minimum atomic E-state index is -1.04. The molecule has 2 aliphatic heterocycles. The van der Waals surface area contributed by atoms with Crippen LogP contribution in [0.4, 0.5) is 0 Å². The molecule has 2 heterocycles. The summed E-state index contributed by atoms with van der Waals surface area (Å²) >= 11 is 0. The Morgan fingerprint density at radius 3 is 2.58 bits per heavy atom. The number of carbonyl (C=O) groups excluding carboxylic acids is 1. The van der Waals surface area contributed by atoms with Gasteiger partial charge in [0.15, 0.2) is 5.70 Å². The molecule has 7 heteroatoms. The van der Waals surface area contributed by atoms with Gasteiger partial charge in [0.25, 0.3) is 0 Å². The first-order valence-corrected chi connectivity index (χ1v) is 8.71. The number of nitrogens with zero attached hydrogens (tertiary/aromatic N) is 2. The van der Waals surface area contributed by atoms with Crippen LogP contribution in [0.5, 0.6) is 0 Å². The first-order chi connectivity index (χ1) is 12.4. The van der Waals surface area contributed by atoms with Crippen LogP contribution in [0.15, 0.2) is 28.6 Å². The van der Waals surface area contributed by atoms with Gasteiger partial charge >= 0.3 is 5.97 Å². The predicted octanol–water partition coefficient (Wildman–Crippen LogP) is 2.67. The lowest BCUT2D eigenvalue weighted by molar-refractivity contribution is -0.132. The van der Waals surface area contributed by atoms with Gasteiger partial charge < -0.3 is 24.3 Å². The molecular formula is C19H32N2O5. The third-order valence-electron chi connectivity index (χ3n) is 3.92. The Bertz CT molecular complexity index is 524. The second-order valence-electron chi connectivity index (χ2n) is 6.02. The largest absolute Gasteiger partial charge is 0.497 e. The number of hydrogen-bond acceptors (Lipinski definition) is 6. The minimum absolute atomic E-state index is 0.0168. The van der Waals surface area contributed by atoms with Crippen molar-refractivity contribution in [2.24, 2.45) is 4.99 Å². The molecule has 0 radical (unpaired) electrons. The van der Waals surface area contributed by atoms with Crippen molar-refractivity contribution < 1.29 is 24.2 Å². The van der Waals surface area contributed by atoms with E-state index >= 15 is 0 Å². The lowest BCUT2D eigenvalue weighted by Crippen LogP contribution is -2.39. The van der Waals surface area contributed by atoms with Gasteiger partial charge in [-0.2, -0.15) is 0 Å². The number of carboxylic acids is 1. The Labute approximate surface area is 156 Å². The molecule has 148 valence electrons. The van der Waals surface area contributed by atoms with E-state index in [0.717, 1.165) is 18.6 Å². The highest BCUT2D eigenvalue weighted by Crippen LogP contribution is 2.14. The molecule has 0 bridgehead atoms. The number of likely N-dealkylation sites (tertiary alicyclic amines) is 1. The number of likely N-dealkylation sites (N-methyl/N-ethyl adjacent to an activating group) is 1. The average Bonchev–Trinajstić information content (AvgIpc) is 2.80. The number of aliphatic carboxylic acids is 1. The fourth-order valence-electron chi connectivity index (χ4n) is 2.52. The summed E-state index contributed by atoms with van der Waals surface area (Å²) in [4.78, 5) is 25.8. The quantitative estimate of drug-likeness (QED) is 0.768. The summed E-state index contributed by atoms with van der Waals surface area (Å²) < 4.78 is 10.1. The van der Waals surface area contributed by atoms with Crippen molar-refractivity contribution in [3.63, 3.8) is 0 Å². The highest BCUT2D eigenvalue weighted by molar-refractivity contribution is 5.94. The molecule has 0 aromatic heterocycles. The third kappa shape index (κ3) is 10.1. The molecule has 26 heavy (non-hydrogen) atoms. The Balaban J connectivity index is 0.000000428. The smallest absolute Gasteiger partial charge is 0.354 e. The lowest BCUT2D eigenvalue weighted by atomic mass is 10.0. The number of piperidine rings is 1. The van der Waals surface area contributed by atoms with Gasteiger partial charge in [-0.1, -0.05) is 6.42 Å². The number of hydrogen-bond donors (Lipinski definition) is 1. The van der Waals surface area contributed by atoms with Crippen LogP contribution in [0.25, 0.3) is 0 Å². The fourth-order valence-corrected chi connectivity index (χ4v) is 2.52. The molecule has 2 aliphatic rings. The first-order valence-electron chi connectivity index (χ1n) is 8.71. The number of carboxylic acid groups (broad SMARTS) is 1. The molecule has 0 aliphatic carbocycles. The lowest BCUT2D eigenvalue weighted by Gasteiger charge is -2.31. The summed E-state index contributed by atoms with van der Waals surface area (Å²) in [5.74, 6) is -0.498. The van der Waals surface area contributed by atoms with E-state index in [2.05, 4.69) is 16.9 Å². The maximum atomic E-state index is 10.7. The second-order valence-corrected chi connectivity index (χ2v) is 6.02. The number of methoxy groups -OCH3 is 2.